The molecular weight excluding hydrogens is 545 g/mol. The van der Waals surface area contributed by atoms with Gasteiger partial charge in [-0.1, -0.05) is 20.3 Å². The van der Waals surface area contributed by atoms with Gasteiger partial charge >= 0.3 is 0 Å². The van der Waals surface area contributed by atoms with Gasteiger partial charge in [-0.15, -0.1) is 0 Å². The van der Waals surface area contributed by atoms with Crippen molar-refractivity contribution in [3.63, 3.8) is 0 Å². The van der Waals surface area contributed by atoms with Gasteiger partial charge in [-0.3, -0.25) is 13.8 Å². The van der Waals surface area contributed by atoms with Gasteiger partial charge in [-0.05, 0) is 82.1 Å². The van der Waals surface area contributed by atoms with Crippen molar-refractivity contribution < 1.29 is 27.3 Å². The lowest BCUT2D eigenvalue weighted by atomic mass is 10.2. The number of aliphatic hydroxyl groups is 1. The first-order valence-electron chi connectivity index (χ1n) is 14.1. The van der Waals surface area contributed by atoms with E-state index in [1.165, 1.54) is 50.0 Å². The third kappa shape index (κ3) is 23.3. The number of sulfone groups is 1. The number of aliphatic hydroxyl groups excluding tert-OH is 1. The zero-order valence-electron chi connectivity index (χ0n) is 22.6. The molecule has 5 heterocycles. The van der Waals surface area contributed by atoms with Crippen molar-refractivity contribution in [2.24, 2.45) is 0 Å². The Morgan fingerprint density at radius 3 is 1.39 bits per heavy atom. The lowest BCUT2D eigenvalue weighted by Crippen LogP contribution is -2.28. The Morgan fingerprint density at radius 1 is 0.711 bits per heavy atom. The van der Waals surface area contributed by atoms with Gasteiger partial charge in [0.2, 0.25) is 11.8 Å². The molecule has 38 heavy (non-hydrogen) atoms. The SMILES string of the molecule is C.C1CCSC1.O=C1CCCCN1.O=C1CCCN1.O=S1(=O)CCCC1.O=S1CCCC1.OC1CCCC1. The molecule has 0 aromatic heterocycles. The van der Waals surface area contributed by atoms with Gasteiger partial charge in [0.15, 0.2) is 0 Å². The summed E-state index contributed by atoms with van der Waals surface area (Å²) in [6, 6.07) is 0. The summed E-state index contributed by atoms with van der Waals surface area (Å²) in [5.74, 6) is 6.02. The zero-order chi connectivity index (χ0) is 27.2. The highest BCUT2D eigenvalue weighted by Gasteiger charge is 2.16. The van der Waals surface area contributed by atoms with Crippen LogP contribution in [0.1, 0.15) is 104 Å². The summed E-state index contributed by atoms with van der Waals surface area (Å²) in [7, 11) is -2.97. The van der Waals surface area contributed by atoms with E-state index in [9.17, 15) is 22.2 Å². The standard InChI is InChI=1S/C5H9NO.C5H10O.C4H7NO.C4H8O2S.C4H8OS.C4H8S.CH4/c7-5-3-1-2-4-6-5;6-5-3-1-2-4-5;6-4-2-1-3-5-4;5-7(6)3-1-2-4-7;5-6-3-1-2-4-6;1-2-4-5-3-1;/h1-4H2,(H,6,7);5-6H,1-4H2;1-3H2,(H,5,6);1-4H2;1-4H2;1-4H2;1H4. The largest absolute Gasteiger partial charge is 0.393 e. The van der Waals surface area contributed by atoms with Crippen LogP contribution in [0.25, 0.3) is 0 Å². The Bertz CT molecular complexity index is 675. The fourth-order valence-electron chi connectivity index (χ4n) is 4.08. The summed E-state index contributed by atoms with van der Waals surface area (Å²) in [4.78, 5) is 20.5. The number of thioether (sulfide) groups is 1. The van der Waals surface area contributed by atoms with Crippen molar-refractivity contribution >= 4 is 44.2 Å². The first-order valence-corrected chi connectivity index (χ1v) is 18.6. The number of piperidine rings is 1. The summed E-state index contributed by atoms with van der Waals surface area (Å²) in [5, 5.41) is 14.2. The first kappa shape index (κ1) is 37.4. The van der Waals surface area contributed by atoms with Crippen LogP contribution in [0.4, 0.5) is 0 Å². The molecule has 0 radical (unpaired) electrons. The van der Waals surface area contributed by atoms with Crippen molar-refractivity contribution in [1.29, 1.82) is 0 Å². The molecule has 226 valence electrons. The first-order chi connectivity index (χ1) is 17.8. The molecule has 5 saturated heterocycles. The molecule has 1 saturated carbocycles. The maximum atomic E-state index is 10.4. The summed E-state index contributed by atoms with van der Waals surface area (Å²) in [5.41, 5.74) is 0. The highest BCUT2D eigenvalue weighted by Crippen LogP contribution is 2.16. The van der Waals surface area contributed by atoms with Gasteiger partial charge in [0.05, 0.1) is 17.6 Å². The third-order valence-corrected chi connectivity index (χ3v) is 10.8. The second kappa shape index (κ2) is 24.2. The molecule has 0 bridgehead atoms. The Morgan fingerprint density at radius 2 is 1.21 bits per heavy atom. The molecule has 0 aromatic carbocycles. The highest BCUT2D eigenvalue weighted by molar-refractivity contribution is 7.99. The predicted molar refractivity (Wildman–Crippen MR) is 162 cm³/mol. The number of hydrogen-bond acceptors (Lipinski definition) is 7. The number of amides is 2. The quantitative estimate of drug-likeness (QED) is 0.385. The van der Waals surface area contributed by atoms with Gasteiger partial charge in [0, 0.05) is 48.2 Å². The van der Waals surface area contributed by atoms with Crippen molar-refractivity contribution in [2.75, 3.05) is 47.6 Å². The smallest absolute Gasteiger partial charge is 0.220 e. The van der Waals surface area contributed by atoms with E-state index in [1.807, 2.05) is 0 Å². The molecule has 6 fully saturated rings. The molecular formula is C27H54N2O6S3. The van der Waals surface area contributed by atoms with Gasteiger partial charge < -0.3 is 15.7 Å². The van der Waals surface area contributed by atoms with Gasteiger partial charge in [-0.2, -0.15) is 11.8 Å². The van der Waals surface area contributed by atoms with Crippen molar-refractivity contribution in [3.05, 3.63) is 0 Å². The lowest BCUT2D eigenvalue weighted by Gasteiger charge is -2.08. The second-order valence-electron chi connectivity index (χ2n) is 9.93. The van der Waals surface area contributed by atoms with Crippen LogP contribution >= 0.6 is 11.8 Å². The number of nitrogens with one attached hydrogen (secondary N) is 2. The van der Waals surface area contributed by atoms with Gasteiger partial charge in [-0.25, -0.2) is 8.42 Å². The van der Waals surface area contributed by atoms with E-state index in [2.05, 4.69) is 22.4 Å². The van der Waals surface area contributed by atoms with Crippen LogP contribution in [0.15, 0.2) is 0 Å². The minimum Gasteiger partial charge on any atom is -0.393 e. The second-order valence-corrected chi connectivity index (χ2v) is 15.2. The van der Waals surface area contributed by atoms with Crippen LogP contribution in [0.3, 0.4) is 0 Å². The Labute approximate surface area is 239 Å². The van der Waals surface area contributed by atoms with Crippen LogP contribution in [0.2, 0.25) is 0 Å². The molecule has 6 rings (SSSR count). The van der Waals surface area contributed by atoms with E-state index in [1.54, 1.807) is 0 Å². The Kier molecular flexibility index (Phi) is 23.8. The monoisotopic (exact) mass is 598 g/mol. The topological polar surface area (TPSA) is 130 Å². The average molecular weight is 599 g/mol. The van der Waals surface area contributed by atoms with Crippen LogP contribution in [0.5, 0.6) is 0 Å². The fraction of sp³-hybridized carbons (Fsp3) is 0.926. The van der Waals surface area contributed by atoms with Crippen molar-refractivity contribution in [3.8, 4) is 0 Å². The number of hydrogen-bond donors (Lipinski definition) is 3. The number of carbonyl (C=O) groups is 2. The van der Waals surface area contributed by atoms with E-state index in [4.69, 9.17) is 5.11 Å². The van der Waals surface area contributed by atoms with Crippen LogP contribution < -0.4 is 10.6 Å². The molecule has 3 N–H and O–H groups in total. The normalized spacial score (nSPS) is 23.6. The zero-order valence-corrected chi connectivity index (χ0v) is 25.0. The van der Waals surface area contributed by atoms with E-state index in [0.29, 0.717) is 11.5 Å². The van der Waals surface area contributed by atoms with Gasteiger partial charge in [0.25, 0.3) is 0 Å². The summed E-state index contributed by atoms with van der Waals surface area (Å²) >= 11 is 2.07. The van der Waals surface area contributed by atoms with Crippen molar-refractivity contribution in [2.45, 2.75) is 110 Å². The number of carbonyl (C=O) groups excluding carboxylic acids is 2. The van der Waals surface area contributed by atoms with Crippen molar-refractivity contribution in [1.82, 2.24) is 10.6 Å². The molecule has 11 heteroatoms. The Hall–Kier alpha value is -0.650. The molecule has 8 nitrogen and oxygen atoms in total. The predicted octanol–water partition coefficient (Wildman–Crippen LogP) is 3.98. The highest BCUT2D eigenvalue weighted by atomic mass is 32.2. The number of rotatable bonds is 0. The van der Waals surface area contributed by atoms with E-state index < -0.39 is 20.6 Å². The summed E-state index contributed by atoms with van der Waals surface area (Å²) in [6.07, 6.45) is 16.4. The molecule has 0 spiro atoms. The molecule has 5 aliphatic heterocycles. The molecule has 0 atom stereocenters. The molecule has 6 aliphatic rings. The van der Waals surface area contributed by atoms with Crippen LogP contribution in [0, 0.1) is 0 Å². The van der Waals surface area contributed by atoms with E-state index in [0.717, 1.165) is 82.4 Å². The summed E-state index contributed by atoms with van der Waals surface area (Å²) < 4.78 is 31.2. The minimum atomic E-state index is -2.55. The van der Waals surface area contributed by atoms with Crippen LogP contribution in [-0.2, 0) is 30.2 Å². The van der Waals surface area contributed by atoms with E-state index >= 15 is 0 Å². The minimum absolute atomic E-state index is 0. The van der Waals surface area contributed by atoms with E-state index in [-0.39, 0.29) is 25.3 Å². The lowest BCUT2D eigenvalue weighted by molar-refractivity contribution is -0.122. The Balaban J connectivity index is 0.000000431. The third-order valence-electron chi connectivity index (χ3n) is 6.36. The molecule has 1 aliphatic carbocycles. The fourth-order valence-corrected chi connectivity index (χ4v) is 7.85. The van der Waals surface area contributed by atoms with Gasteiger partial charge in [0.1, 0.15) is 9.84 Å². The average Bonchev–Trinajstić information content (AvgIpc) is 3.70. The summed E-state index contributed by atoms with van der Waals surface area (Å²) in [6.45, 7) is 1.78. The maximum Gasteiger partial charge on any atom is 0.220 e. The van der Waals surface area contributed by atoms with Crippen LogP contribution in [-0.4, -0.2) is 83.3 Å². The maximum absolute atomic E-state index is 10.4. The molecule has 0 unspecified atom stereocenters. The molecule has 0 aromatic rings. The molecule has 2 amide bonds.